The Morgan fingerprint density at radius 3 is 2.14 bits per heavy atom. The summed E-state index contributed by atoms with van der Waals surface area (Å²) in [6, 6.07) is 14.8. The maximum absolute atomic E-state index is 10.9. The van der Waals surface area contributed by atoms with Gasteiger partial charge in [0.15, 0.2) is 17.2 Å². The van der Waals surface area contributed by atoms with Gasteiger partial charge in [-0.15, -0.1) is 0 Å². The molecule has 3 aromatic carbocycles. The maximum Gasteiger partial charge on any atom is 0.307 e. The van der Waals surface area contributed by atoms with Gasteiger partial charge in [0.25, 0.3) is 0 Å². The monoisotopic (exact) mass is 418 g/mol. The molecule has 0 aliphatic carbocycles. The van der Waals surface area contributed by atoms with Crippen LogP contribution < -0.4 is 9.47 Å². The Labute approximate surface area is 171 Å². The van der Waals surface area contributed by atoms with Crippen molar-refractivity contribution in [3.05, 3.63) is 75.8 Å². The second-order valence-corrected chi connectivity index (χ2v) is 6.92. The van der Waals surface area contributed by atoms with E-state index in [0.29, 0.717) is 17.1 Å². The summed E-state index contributed by atoms with van der Waals surface area (Å²) in [6.45, 7) is 1.96. The van der Waals surface area contributed by atoms with Crippen LogP contribution in [0.1, 0.15) is 11.1 Å². The van der Waals surface area contributed by atoms with Gasteiger partial charge < -0.3 is 19.7 Å². The predicted octanol–water partition coefficient (Wildman–Crippen LogP) is 6.22. The van der Waals surface area contributed by atoms with Crippen molar-refractivity contribution in [1.29, 1.82) is 0 Å². The second-order valence-electron chi connectivity index (χ2n) is 6.11. The first kappa shape index (κ1) is 19.9. The van der Waals surface area contributed by atoms with E-state index in [1.165, 1.54) is 30.3 Å². The molecule has 0 bridgehead atoms. The van der Waals surface area contributed by atoms with E-state index in [1.807, 2.05) is 19.1 Å². The smallest absolute Gasteiger partial charge is 0.307 e. The van der Waals surface area contributed by atoms with Crippen molar-refractivity contribution in [3.63, 3.8) is 0 Å². The van der Waals surface area contributed by atoms with Crippen molar-refractivity contribution in [2.24, 2.45) is 0 Å². The van der Waals surface area contributed by atoms with Crippen molar-refractivity contribution in [2.45, 2.75) is 13.3 Å². The molecule has 0 aliphatic heterocycles. The van der Waals surface area contributed by atoms with Gasteiger partial charge in [0.2, 0.25) is 0 Å². The predicted molar refractivity (Wildman–Crippen MR) is 107 cm³/mol. The summed E-state index contributed by atoms with van der Waals surface area (Å²) < 4.78 is 11.5. The minimum atomic E-state index is -0.989. The van der Waals surface area contributed by atoms with Crippen LogP contribution in [-0.2, 0) is 11.2 Å². The Kier molecular flexibility index (Phi) is 5.97. The third-order valence-corrected chi connectivity index (χ3v) is 4.37. The Morgan fingerprint density at radius 2 is 1.54 bits per heavy atom. The number of hydrogen-bond donors (Lipinski definition) is 2. The van der Waals surface area contributed by atoms with Gasteiger partial charge in [-0.1, -0.05) is 40.9 Å². The molecule has 3 aromatic rings. The molecule has 0 heterocycles. The molecule has 0 spiro atoms. The lowest BCUT2D eigenvalue weighted by atomic mass is 10.1. The van der Waals surface area contributed by atoms with Crippen LogP contribution in [0.2, 0.25) is 10.0 Å². The summed E-state index contributed by atoms with van der Waals surface area (Å²) in [4.78, 5) is 10.9. The quantitative estimate of drug-likeness (QED) is 0.496. The largest absolute Gasteiger partial charge is 0.504 e. The number of aromatic hydroxyl groups is 1. The molecule has 0 saturated heterocycles. The molecule has 28 heavy (non-hydrogen) atoms. The van der Waals surface area contributed by atoms with E-state index in [2.05, 4.69) is 0 Å². The van der Waals surface area contributed by atoms with E-state index in [1.54, 1.807) is 12.1 Å². The molecule has 0 aromatic heterocycles. The summed E-state index contributed by atoms with van der Waals surface area (Å²) in [7, 11) is 0. The van der Waals surface area contributed by atoms with Crippen molar-refractivity contribution in [1.82, 2.24) is 0 Å². The van der Waals surface area contributed by atoms with Crippen molar-refractivity contribution >= 4 is 29.2 Å². The molecule has 0 amide bonds. The molecule has 2 N–H and O–H groups in total. The first-order chi connectivity index (χ1) is 13.3. The van der Waals surface area contributed by atoms with Crippen LogP contribution >= 0.6 is 23.2 Å². The number of rotatable bonds is 6. The Hall–Kier alpha value is -2.89. The number of aliphatic carboxylic acids is 1. The van der Waals surface area contributed by atoms with E-state index >= 15 is 0 Å². The van der Waals surface area contributed by atoms with Crippen molar-refractivity contribution in [3.8, 4) is 28.7 Å². The average Bonchev–Trinajstić information content (AvgIpc) is 2.62. The van der Waals surface area contributed by atoms with Crippen LogP contribution in [0.25, 0.3) is 0 Å². The third kappa shape index (κ3) is 4.88. The van der Waals surface area contributed by atoms with Crippen molar-refractivity contribution in [2.75, 3.05) is 0 Å². The normalized spacial score (nSPS) is 10.5. The van der Waals surface area contributed by atoms with Crippen LogP contribution in [0, 0.1) is 6.92 Å². The fraction of sp³-hybridized carbons (Fsp3) is 0.0952. The number of hydrogen-bond acceptors (Lipinski definition) is 4. The number of phenols is 1. The van der Waals surface area contributed by atoms with Crippen molar-refractivity contribution < 1.29 is 24.5 Å². The molecular weight excluding hydrogens is 403 g/mol. The van der Waals surface area contributed by atoms with Gasteiger partial charge in [0.05, 0.1) is 16.5 Å². The molecule has 0 aliphatic rings. The highest BCUT2D eigenvalue weighted by Gasteiger charge is 2.14. The standard InChI is InChI=1S/C21H16Cl2O5/c1-12-2-4-14(5-3-12)27-19-11-15(6-7-18(19)24)28-21-16(22)8-13(9-17(21)23)10-20(25)26/h2-9,11,24H,10H2,1H3,(H,25,26). The molecule has 0 saturated carbocycles. The number of aryl methyl sites for hydroxylation is 1. The van der Waals surface area contributed by atoms with Gasteiger partial charge in [-0.3, -0.25) is 4.79 Å². The highest BCUT2D eigenvalue weighted by Crippen LogP contribution is 2.40. The van der Waals surface area contributed by atoms with Gasteiger partial charge in [0, 0.05) is 6.07 Å². The maximum atomic E-state index is 10.9. The molecule has 144 valence electrons. The van der Waals surface area contributed by atoms with Gasteiger partial charge >= 0.3 is 5.97 Å². The van der Waals surface area contributed by atoms with E-state index in [4.69, 9.17) is 37.8 Å². The summed E-state index contributed by atoms with van der Waals surface area (Å²) >= 11 is 12.4. The number of carboxylic acid groups (broad SMARTS) is 1. The number of benzene rings is 3. The van der Waals surface area contributed by atoms with E-state index in [9.17, 15) is 9.90 Å². The first-order valence-electron chi connectivity index (χ1n) is 8.27. The summed E-state index contributed by atoms with van der Waals surface area (Å²) in [6.07, 6.45) is -0.201. The fourth-order valence-electron chi connectivity index (χ4n) is 2.48. The lowest BCUT2D eigenvalue weighted by molar-refractivity contribution is -0.136. The summed E-state index contributed by atoms with van der Waals surface area (Å²) in [5.74, 6) is 0.251. The number of phenolic OH excluding ortho intramolecular Hbond substituents is 1. The highest BCUT2D eigenvalue weighted by atomic mass is 35.5. The molecule has 0 atom stereocenters. The van der Waals surface area contributed by atoms with Crippen LogP contribution in [0.3, 0.4) is 0 Å². The van der Waals surface area contributed by atoms with E-state index in [0.717, 1.165) is 5.56 Å². The Balaban J connectivity index is 1.85. The molecule has 7 heteroatoms. The van der Waals surface area contributed by atoms with Gasteiger partial charge in [-0.25, -0.2) is 0 Å². The minimum Gasteiger partial charge on any atom is -0.504 e. The van der Waals surface area contributed by atoms with Crippen LogP contribution in [0.5, 0.6) is 28.7 Å². The Bertz CT molecular complexity index is 993. The van der Waals surface area contributed by atoms with E-state index < -0.39 is 5.97 Å². The third-order valence-electron chi connectivity index (χ3n) is 3.81. The fourth-order valence-corrected chi connectivity index (χ4v) is 3.09. The highest BCUT2D eigenvalue weighted by molar-refractivity contribution is 6.37. The summed E-state index contributed by atoms with van der Waals surface area (Å²) in [5.41, 5.74) is 1.55. The SMILES string of the molecule is Cc1ccc(Oc2cc(Oc3c(Cl)cc(CC(=O)O)cc3Cl)ccc2O)cc1. The Morgan fingerprint density at radius 1 is 0.929 bits per heavy atom. The van der Waals surface area contributed by atoms with Crippen LogP contribution in [0.4, 0.5) is 0 Å². The lowest BCUT2D eigenvalue weighted by Crippen LogP contribution is -2.00. The average molecular weight is 419 g/mol. The number of carboxylic acids is 1. The molecular formula is C21H16Cl2O5. The molecule has 0 unspecified atom stereocenters. The molecule has 0 fully saturated rings. The zero-order valence-electron chi connectivity index (χ0n) is 14.8. The molecule has 3 rings (SSSR count). The second kappa shape index (κ2) is 8.42. The number of ether oxygens (including phenoxy) is 2. The topological polar surface area (TPSA) is 76.0 Å². The first-order valence-corrected chi connectivity index (χ1v) is 9.02. The molecule has 0 radical (unpaired) electrons. The van der Waals surface area contributed by atoms with Crippen LogP contribution in [-0.4, -0.2) is 16.2 Å². The molecule has 5 nitrogen and oxygen atoms in total. The zero-order valence-corrected chi connectivity index (χ0v) is 16.3. The lowest BCUT2D eigenvalue weighted by Gasteiger charge is -2.13. The van der Waals surface area contributed by atoms with Gasteiger partial charge in [0.1, 0.15) is 11.5 Å². The minimum absolute atomic E-state index is 0.0538. The van der Waals surface area contributed by atoms with Gasteiger partial charge in [-0.2, -0.15) is 0 Å². The van der Waals surface area contributed by atoms with E-state index in [-0.39, 0.29) is 33.7 Å². The number of carbonyl (C=O) groups is 1. The van der Waals surface area contributed by atoms with Gasteiger partial charge in [-0.05, 0) is 48.9 Å². The van der Waals surface area contributed by atoms with Crippen LogP contribution in [0.15, 0.2) is 54.6 Å². The number of halogens is 2. The summed E-state index contributed by atoms with van der Waals surface area (Å²) in [5, 5.41) is 19.3. The zero-order chi connectivity index (χ0) is 20.3.